The van der Waals surface area contributed by atoms with Crippen molar-refractivity contribution in [1.29, 1.82) is 0 Å². The third kappa shape index (κ3) is 8.62. The predicted octanol–water partition coefficient (Wildman–Crippen LogP) is 2.81. The number of unbranched alkanes of at least 4 members (excludes halogenated alkanes) is 1. The van der Waals surface area contributed by atoms with Crippen LogP contribution in [0.1, 0.15) is 37.3 Å². The summed E-state index contributed by atoms with van der Waals surface area (Å²) in [5.41, 5.74) is 1.98. The second kappa shape index (κ2) is 11.5. The molecular weight excluding hydrogens is 392 g/mol. The van der Waals surface area contributed by atoms with E-state index in [4.69, 9.17) is 4.74 Å². The monoisotopic (exact) mass is 420 g/mol. The molecule has 0 aliphatic heterocycles. The molecule has 1 aromatic carbocycles. The molecule has 2 aromatic rings. The zero-order valence-corrected chi connectivity index (χ0v) is 17.4. The fourth-order valence-corrected chi connectivity index (χ4v) is 4.12. The van der Waals surface area contributed by atoms with Crippen LogP contribution in [0.25, 0.3) is 0 Å². The number of nitrogens with one attached hydrogen (secondary N) is 1. The summed E-state index contributed by atoms with van der Waals surface area (Å²) in [4.78, 5) is 15.4. The molecule has 29 heavy (non-hydrogen) atoms. The molecule has 0 bridgehead atoms. The Morgan fingerprint density at radius 2 is 1.79 bits per heavy atom. The number of aliphatic carboxylic acids is 1. The number of aryl methyl sites for hydroxylation is 1. The summed E-state index contributed by atoms with van der Waals surface area (Å²) in [6.45, 7) is 2.33. The number of aromatic nitrogens is 1. The fraction of sp³-hybridized carbons (Fsp3) is 0.429. The second-order valence-corrected chi connectivity index (χ2v) is 8.71. The van der Waals surface area contributed by atoms with Gasteiger partial charge in [0.1, 0.15) is 11.8 Å². The fourth-order valence-electron chi connectivity index (χ4n) is 2.85. The average molecular weight is 421 g/mol. The third-order valence-corrected chi connectivity index (χ3v) is 5.92. The molecule has 1 aromatic heterocycles. The quantitative estimate of drug-likeness (QED) is 0.483. The van der Waals surface area contributed by atoms with Gasteiger partial charge >= 0.3 is 5.97 Å². The van der Waals surface area contributed by atoms with Crippen molar-refractivity contribution < 1.29 is 23.1 Å². The predicted molar refractivity (Wildman–Crippen MR) is 111 cm³/mol. The first-order chi connectivity index (χ1) is 13.9. The van der Waals surface area contributed by atoms with Crippen molar-refractivity contribution in [3.05, 3.63) is 59.9 Å². The van der Waals surface area contributed by atoms with Crippen LogP contribution in [0.3, 0.4) is 0 Å². The van der Waals surface area contributed by atoms with Crippen molar-refractivity contribution in [2.24, 2.45) is 0 Å². The summed E-state index contributed by atoms with van der Waals surface area (Å²) in [6, 6.07) is 9.90. The van der Waals surface area contributed by atoms with E-state index in [0.29, 0.717) is 18.8 Å². The number of nitrogens with zero attached hydrogens (tertiary/aromatic N) is 1. The van der Waals surface area contributed by atoms with Crippen LogP contribution in [-0.2, 0) is 27.7 Å². The van der Waals surface area contributed by atoms with Gasteiger partial charge in [-0.1, -0.05) is 19.1 Å². The number of carbonyl (C=O) groups is 1. The molecule has 7 nitrogen and oxygen atoms in total. The number of carboxylic acids is 1. The summed E-state index contributed by atoms with van der Waals surface area (Å²) in [5.74, 6) is -0.583. The normalized spacial score (nSPS) is 12.4. The van der Waals surface area contributed by atoms with Gasteiger partial charge in [0.05, 0.1) is 12.4 Å². The maximum absolute atomic E-state index is 11.9. The molecule has 2 N–H and O–H groups in total. The standard InChI is InChI=1S/C21H28N2O5S/c1-2-15-29(26,27)23-20(21(24)25)16-18-6-8-19(9-7-18)28-14-4-3-5-17-10-12-22-13-11-17/h6-13,20,23H,2-5,14-16H2,1H3,(H,24,25)/t20-/m0/s1. The molecule has 0 saturated carbocycles. The molecule has 0 amide bonds. The SMILES string of the molecule is CCCS(=O)(=O)N[C@@H](Cc1ccc(OCCCCc2ccncc2)cc1)C(=O)O. The summed E-state index contributed by atoms with van der Waals surface area (Å²) in [5, 5.41) is 9.31. The van der Waals surface area contributed by atoms with Crippen LogP contribution in [0.15, 0.2) is 48.8 Å². The lowest BCUT2D eigenvalue weighted by atomic mass is 10.1. The molecule has 0 saturated heterocycles. The van der Waals surface area contributed by atoms with Gasteiger partial charge in [0.15, 0.2) is 0 Å². The second-order valence-electron chi connectivity index (χ2n) is 6.84. The highest BCUT2D eigenvalue weighted by Gasteiger charge is 2.23. The molecule has 0 spiro atoms. The van der Waals surface area contributed by atoms with Gasteiger partial charge in [-0.05, 0) is 67.5 Å². The van der Waals surface area contributed by atoms with Crippen LogP contribution in [0.5, 0.6) is 5.75 Å². The lowest BCUT2D eigenvalue weighted by Gasteiger charge is -2.15. The van der Waals surface area contributed by atoms with Crippen LogP contribution in [-0.4, -0.2) is 42.9 Å². The van der Waals surface area contributed by atoms with E-state index in [1.54, 1.807) is 43.6 Å². The Morgan fingerprint density at radius 1 is 1.10 bits per heavy atom. The molecule has 158 valence electrons. The lowest BCUT2D eigenvalue weighted by Crippen LogP contribution is -2.43. The van der Waals surface area contributed by atoms with Gasteiger partial charge in [0, 0.05) is 12.4 Å². The van der Waals surface area contributed by atoms with Gasteiger partial charge in [-0.15, -0.1) is 0 Å². The van der Waals surface area contributed by atoms with E-state index >= 15 is 0 Å². The van der Waals surface area contributed by atoms with E-state index < -0.39 is 22.0 Å². The molecule has 0 radical (unpaired) electrons. The highest BCUT2D eigenvalue weighted by molar-refractivity contribution is 7.89. The van der Waals surface area contributed by atoms with Crippen molar-refractivity contribution in [1.82, 2.24) is 9.71 Å². The molecule has 0 aliphatic carbocycles. The number of hydrogen-bond acceptors (Lipinski definition) is 5. The lowest BCUT2D eigenvalue weighted by molar-refractivity contribution is -0.138. The Kier molecular flexibility index (Phi) is 9.08. The van der Waals surface area contributed by atoms with Crippen LogP contribution in [0, 0.1) is 0 Å². The van der Waals surface area contributed by atoms with E-state index in [2.05, 4.69) is 9.71 Å². The molecule has 0 unspecified atom stereocenters. The smallest absolute Gasteiger partial charge is 0.322 e. The molecule has 8 heteroatoms. The van der Waals surface area contributed by atoms with Crippen LogP contribution >= 0.6 is 0 Å². The third-order valence-electron chi connectivity index (χ3n) is 4.33. The Balaban J connectivity index is 1.78. The van der Waals surface area contributed by atoms with Gasteiger partial charge < -0.3 is 9.84 Å². The maximum Gasteiger partial charge on any atom is 0.322 e. The van der Waals surface area contributed by atoms with Crippen molar-refractivity contribution in [2.45, 2.75) is 45.1 Å². The Bertz CT molecular complexity index is 854. The van der Waals surface area contributed by atoms with E-state index in [-0.39, 0.29) is 12.2 Å². The van der Waals surface area contributed by atoms with Gasteiger partial charge in [0.2, 0.25) is 10.0 Å². The number of rotatable bonds is 13. The molecule has 2 rings (SSSR count). The van der Waals surface area contributed by atoms with E-state index in [9.17, 15) is 18.3 Å². The Morgan fingerprint density at radius 3 is 2.41 bits per heavy atom. The first-order valence-electron chi connectivity index (χ1n) is 9.73. The average Bonchev–Trinajstić information content (AvgIpc) is 2.69. The van der Waals surface area contributed by atoms with Gasteiger partial charge in [0.25, 0.3) is 0 Å². The number of carboxylic acid groups (broad SMARTS) is 1. The molecule has 0 aliphatic rings. The van der Waals surface area contributed by atoms with Gasteiger partial charge in [-0.2, -0.15) is 0 Å². The van der Waals surface area contributed by atoms with E-state index in [1.165, 1.54) is 5.56 Å². The Labute approximate surface area is 172 Å². The molecular formula is C21H28N2O5S. The largest absolute Gasteiger partial charge is 0.494 e. The highest BCUT2D eigenvalue weighted by atomic mass is 32.2. The first kappa shape index (κ1) is 22.8. The zero-order valence-electron chi connectivity index (χ0n) is 16.6. The van der Waals surface area contributed by atoms with Crippen LogP contribution < -0.4 is 9.46 Å². The summed E-state index contributed by atoms with van der Waals surface area (Å²) >= 11 is 0. The summed E-state index contributed by atoms with van der Waals surface area (Å²) in [7, 11) is -3.60. The van der Waals surface area contributed by atoms with Crippen molar-refractivity contribution in [3.63, 3.8) is 0 Å². The summed E-state index contributed by atoms with van der Waals surface area (Å²) in [6.07, 6.45) is 6.99. The van der Waals surface area contributed by atoms with Crippen molar-refractivity contribution in [3.8, 4) is 5.75 Å². The number of benzene rings is 1. The molecule has 0 fully saturated rings. The van der Waals surface area contributed by atoms with Crippen LogP contribution in [0.2, 0.25) is 0 Å². The van der Waals surface area contributed by atoms with E-state index in [1.807, 2.05) is 12.1 Å². The number of hydrogen-bond donors (Lipinski definition) is 2. The first-order valence-corrected chi connectivity index (χ1v) is 11.4. The number of pyridine rings is 1. The number of ether oxygens (including phenoxy) is 1. The van der Waals surface area contributed by atoms with Gasteiger partial charge in [-0.3, -0.25) is 9.78 Å². The minimum absolute atomic E-state index is 0.0739. The van der Waals surface area contributed by atoms with Crippen molar-refractivity contribution in [2.75, 3.05) is 12.4 Å². The zero-order chi connectivity index (χ0) is 21.1. The molecule has 1 heterocycles. The van der Waals surface area contributed by atoms with Crippen molar-refractivity contribution >= 4 is 16.0 Å². The van der Waals surface area contributed by atoms with Gasteiger partial charge in [-0.25, -0.2) is 13.1 Å². The number of sulfonamides is 1. The minimum Gasteiger partial charge on any atom is -0.494 e. The van der Waals surface area contributed by atoms with Crippen LogP contribution in [0.4, 0.5) is 0 Å². The summed E-state index contributed by atoms with van der Waals surface area (Å²) < 4.78 is 31.7. The highest BCUT2D eigenvalue weighted by Crippen LogP contribution is 2.15. The molecule has 1 atom stereocenters. The Hall–Kier alpha value is -2.45. The minimum atomic E-state index is -3.60. The van der Waals surface area contributed by atoms with E-state index in [0.717, 1.165) is 24.8 Å². The topological polar surface area (TPSA) is 106 Å². The maximum atomic E-state index is 11.9.